The maximum atomic E-state index is 5.46. The number of H-pyrrole nitrogens is 1. The van der Waals surface area contributed by atoms with Crippen LogP contribution in [0.3, 0.4) is 0 Å². The van der Waals surface area contributed by atoms with E-state index in [1.54, 1.807) is 0 Å². The molecule has 3 rings (SSSR count). The second-order valence-corrected chi connectivity index (χ2v) is 6.34. The van der Waals surface area contributed by atoms with Crippen LogP contribution in [-0.4, -0.2) is 9.55 Å². The molecule has 1 aliphatic rings. The van der Waals surface area contributed by atoms with E-state index >= 15 is 0 Å². The largest absolute Gasteiger partial charge is 0.331 e. The summed E-state index contributed by atoms with van der Waals surface area (Å²) < 4.78 is 4.26. The number of aromatic nitrogens is 2. The first kappa shape index (κ1) is 11.5. The van der Waals surface area contributed by atoms with E-state index in [4.69, 9.17) is 12.2 Å². The Kier molecular flexibility index (Phi) is 2.87. The summed E-state index contributed by atoms with van der Waals surface area (Å²) in [5, 5.41) is 0. The van der Waals surface area contributed by atoms with Crippen LogP contribution >= 0.6 is 28.1 Å². The van der Waals surface area contributed by atoms with E-state index in [1.807, 2.05) is 0 Å². The summed E-state index contributed by atoms with van der Waals surface area (Å²) in [5.41, 5.74) is 2.36. The van der Waals surface area contributed by atoms with Crippen molar-refractivity contribution in [2.75, 3.05) is 0 Å². The molecule has 2 atom stereocenters. The van der Waals surface area contributed by atoms with Crippen molar-refractivity contribution < 1.29 is 0 Å². The van der Waals surface area contributed by atoms with Crippen molar-refractivity contribution in [3.63, 3.8) is 0 Å². The molecule has 0 saturated heterocycles. The summed E-state index contributed by atoms with van der Waals surface area (Å²) in [6.07, 6.45) is 3.81. The molecular weight excluding hydrogens is 296 g/mol. The third-order valence-corrected chi connectivity index (χ3v) is 4.50. The van der Waals surface area contributed by atoms with Gasteiger partial charge in [0.05, 0.1) is 11.0 Å². The lowest BCUT2D eigenvalue weighted by Gasteiger charge is -2.13. The fourth-order valence-electron chi connectivity index (χ4n) is 2.88. The van der Waals surface area contributed by atoms with Gasteiger partial charge in [-0.15, -0.1) is 0 Å². The zero-order valence-corrected chi connectivity index (χ0v) is 12.1. The molecule has 0 radical (unpaired) electrons. The summed E-state index contributed by atoms with van der Waals surface area (Å²) in [6, 6.07) is 6.90. The van der Waals surface area contributed by atoms with Crippen LogP contribution in [0.15, 0.2) is 22.7 Å². The van der Waals surface area contributed by atoms with Crippen molar-refractivity contribution in [3.8, 4) is 0 Å². The lowest BCUT2D eigenvalue weighted by Crippen LogP contribution is -2.05. The Hall–Kier alpha value is -0.610. The Bertz CT molecular complexity index is 613. The Morgan fingerprint density at radius 2 is 2.24 bits per heavy atom. The predicted octanol–water partition coefficient (Wildman–Crippen LogP) is 4.82. The van der Waals surface area contributed by atoms with E-state index in [0.29, 0.717) is 6.04 Å². The Balaban J connectivity index is 2.15. The number of fused-ring (bicyclic) bond motifs is 1. The van der Waals surface area contributed by atoms with Gasteiger partial charge in [-0.25, -0.2) is 0 Å². The molecule has 2 unspecified atom stereocenters. The summed E-state index contributed by atoms with van der Waals surface area (Å²) in [7, 11) is 0. The number of benzene rings is 1. The van der Waals surface area contributed by atoms with Crippen LogP contribution in [-0.2, 0) is 0 Å². The second-order valence-electron chi connectivity index (χ2n) is 5.03. The van der Waals surface area contributed by atoms with Crippen LogP contribution in [0.2, 0.25) is 0 Å². The molecule has 1 heterocycles. The standard InChI is InChI=1S/C13H15BrN2S/c1-8-2-4-10(6-8)16-12-5-3-9(14)7-11(12)15-13(16)17/h3,5,7-8,10H,2,4,6H2,1H3,(H,15,17). The van der Waals surface area contributed by atoms with E-state index in [9.17, 15) is 0 Å². The number of hydrogen-bond donors (Lipinski definition) is 1. The van der Waals surface area contributed by atoms with Gasteiger partial charge in [0.25, 0.3) is 0 Å². The fourth-order valence-corrected chi connectivity index (χ4v) is 3.60. The van der Waals surface area contributed by atoms with Crippen LogP contribution in [0.5, 0.6) is 0 Å². The topological polar surface area (TPSA) is 20.7 Å². The number of rotatable bonds is 1. The Morgan fingerprint density at radius 1 is 1.41 bits per heavy atom. The summed E-state index contributed by atoms with van der Waals surface area (Å²) in [4.78, 5) is 3.31. The monoisotopic (exact) mass is 310 g/mol. The Labute approximate surface area is 114 Å². The molecule has 4 heteroatoms. The minimum atomic E-state index is 0.576. The SMILES string of the molecule is CC1CCC(n2c(=S)[nH]c3cc(Br)ccc32)C1. The maximum Gasteiger partial charge on any atom is 0.178 e. The van der Waals surface area contributed by atoms with Crippen LogP contribution in [0, 0.1) is 10.7 Å². The lowest BCUT2D eigenvalue weighted by atomic mass is 10.1. The Morgan fingerprint density at radius 3 is 2.94 bits per heavy atom. The molecule has 1 N–H and O–H groups in total. The summed E-state index contributed by atoms with van der Waals surface area (Å²) >= 11 is 8.96. The second kappa shape index (κ2) is 4.25. The molecule has 1 aromatic heterocycles. The quantitative estimate of drug-likeness (QED) is 0.749. The minimum Gasteiger partial charge on any atom is -0.331 e. The van der Waals surface area contributed by atoms with E-state index in [-0.39, 0.29) is 0 Å². The zero-order valence-electron chi connectivity index (χ0n) is 9.74. The van der Waals surface area contributed by atoms with Gasteiger partial charge < -0.3 is 9.55 Å². The van der Waals surface area contributed by atoms with Crippen LogP contribution < -0.4 is 0 Å². The fraction of sp³-hybridized carbons (Fsp3) is 0.462. The van der Waals surface area contributed by atoms with Crippen molar-refractivity contribution in [3.05, 3.63) is 27.4 Å². The van der Waals surface area contributed by atoms with Crippen molar-refractivity contribution in [2.24, 2.45) is 5.92 Å². The van der Waals surface area contributed by atoms with Gasteiger partial charge in [0.15, 0.2) is 4.77 Å². The highest BCUT2D eigenvalue weighted by atomic mass is 79.9. The molecule has 2 nitrogen and oxygen atoms in total. The first-order valence-electron chi connectivity index (χ1n) is 6.05. The molecule has 2 aromatic rings. The van der Waals surface area contributed by atoms with Gasteiger partial charge in [-0.05, 0) is 55.6 Å². The number of aromatic amines is 1. The summed E-state index contributed by atoms with van der Waals surface area (Å²) in [6.45, 7) is 2.33. The van der Waals surface area contributed by atoms with E-state index in [0.717, 1.165) is 20.7 Å². The molecule has 0 bridgehead atoms. The number of hydrogen-bond acceptors (Lipinski definition) is 1. The van der Waals surface area contributed by atoms with E-state index in [2.05, 4.69) is 50.6 Å². The third-order valence-electron chi connectivity index (χ3n) is 3.71. The van der Waals surface area contributed by atoms with Gasteiger partial charge in [0.2, 0.25) is 0 Å². The first-order valence-corrected chi connectivity index (χ1v) is 7.25. The number of nitrogens with zero attached hydrogens (tertiary/aromatic N) is 1. The lowest BCUT2D eigenvalue weighted by molar-refractivity contribution is 0.500. The molecule has 90 valence electrons. The van der Waals surface area contributed by atoms with Crippen LogP contribution in [0.4, 0.5) is 0 Å². The molecule has 0 spiro atoms. The highest BCUT2D eigenvalue weighted by Crippen LogP contribution is 2.36. The van der Waals surface area contributed by atoms with Gasteiger partial charge in [-0.1, -0.05) is 22.9 Å². The van der Waals surface area contributed by atoms with E-state index < -0.39 is 0 Å². The number of halogens is 1. The van der Waals surface area contributed by atoms with Gasteiger partial charge in [0, 0.05) is 10.5 Å². The van der Waals surface area contributed by atoms with Gasteiger partial charge in [-0.2, -0.15) is 0 Å². The molecule has 1 fully saturated rings. The molecule has 1 saturated carbocycles. The van der Waals surface area contributed by atoms with Crippen molar-refractivity contribution in [1.82, 2.24) is 9.55 Å². The zero-order chi connectivity index (χ0) is 12.0. The predicted molar refractivity (Wildman–Crippen MR) is 76.9 cm³/mol. The molecule has 0 amide bonds. The average Bonchev–Trinajstić information content (AvgIpc) is 2.80. The maximum absolute atomic E-state index is 5.46. The van der Waals surface area contributed by atoms with E-state index in [1.165, 1.54) is 24.8 Å². The smallest absolute Gasteiger partial charge is 0.178 e. The number of nitrogens with one attached hydrogen (secondary N) is 1. The highest BCUT2D eigenvalue weighted by molar-refractivity contribution is 9.10. The van der Waals surface area contributed by atoms with Crippen LogP contribution in [0.1, 0.15) is 32.2 Å². The molecular formula is C13H15BrN2S. The molecule has 1 aromatic carbocycles. The van der Waals surface area contributed by atoms with Crippen LogP contribution in [0.25, 0.3) is 11.0 Å². The first-order chi connectivity index (χ1) is 8.15. The average molecular weight is 311 g/mol. The third kappa shape index (κ3) is 1.97. The highest BCUT2D eigenvalue weighted by Gasteiger charge is 2.24. The van der Waals surface area contributed by atoms with Crippen molar-refractivity contribution >= 4 is 39.2 Å². The van der Waals surface area contributed by atoms with Gasteiger partial charge in [0.1, 0.15) is 0 Å². The van der Waals surface area contributed by atoms with Gasteiger partial charge >= 0.3 is 0 Å². The van der Waals surface area contributed by atoms with Crippen molar-refractivity contribution in [1.29, 1.82) is 0 Å². The van der Waals surface area contributed by atoms with Crippen molar-refractivity contribution in [2.45, 2.75) is 32.2 Å². The molecule has 1 aliphatic carbocycles. The van der Waals surface area contributed by atoms with Gasteiger partial charge in [-0.3, -0.25) is 0 Å². The summed E-state index contributed by atoms with van der Waals surface area (Å²) in [5.74, 6) is 0.822. The molecule has 17 heavy (non-hydrogen) atoms. The molecule has 0 aliphatic heterocycles. The number of imidazole rings is 1. The minimum absolute atomic E-state index is 0.576. The normalized spacial score (nSPS) is 24.6.